The van der Waals surface area contributed by atoms with Gasteiger partial charge in [0.25, 0.3) is 0 Å². The molecule has 2 aliphatic carbocycles. The van der Waals surface area contributed by atoms with E-state index in [9.17, 15) is 76.3 Å². The summed E-state index contributed by atoms with van der Waals surface area (Å²) in [6, 6.07) is 16.4. The van der Waals surface area contributed by atoms with Crippen molar-refractivity contribution in [2.75, 3.05) is 0 Å². The zero-order valence-corrected chi connectivity index (χ0v) is 25.2. The summed E-state index contributed by atoms with van der Waals surface area (Å²) in [5, 5.41) is 69.3. The molecule has 0 radical (unpaired) electrons. The molecular formula is C36H8F9N7. The van der Waals surface area contributed by atoms with E-state index in [2.05, 4.69) is 0 Å². The van der Waals surface area contributed by atoms with Gasteiger partial charge in [0, 0.05) is 33.4 Å². The second-order valence-electron chi connectivity index (χ2n) is 10.7. The summed E-state index contributed by atoms with van der Waals surface area (Å²) >= 11 is 0. The van der Waals surface area contributed by atoms with E-state index in [4.69, 9.17) is 0 Å². The minimum Gasteiger partial charge on any atom is -0.192 e. The Labute approximate surface area is 286 Å². The Balaban J connectivity index is 1.92. The smallest absolute Gasteiger partial charge is 0.192 e. The van der Waals surface area contributed by atoms with Gasteiger partial charge in [-0.15, -0.1) is 0 Å². The summed E-state index contributed by atoms with van der Waals surface area (Å²) < 4.78 is 124. The first-order chi connectivity index (χ1) is 24.4. The largest absolute Gasteiger partial charge is 0.417 e. The van der Waals surface area contributed by atoms with Gasteiger partial charge >= 0.3 is 18.5 Å². The van der Waals surface area contributed by atoms with Crippen LogP contribution in [0.25, 0.3) is 33.4 Å². The molecule has 0 aliphatic heterocycles. The molecule has 0 aromatic heterocycles. The number of halogens is 9. The summed E-state index contributed by atoms with van der Waals surface area (Å²) in [5.41, 5.74) is -12.8. The fraction of sp³-hybridized carbons (Fsp3) is 0.0833. The van der Waals surface area contributed by atoms with Crippen molar-refractivity contribution in [3.05, 3.63) is 115 Å². The SMILES string of the molecule is N#CC(C#N)=C1C(c2ccc(C#N)c(C(F)(F)F)c2)=C(C#N)c2cc3c(cc21)C(C#N)=C(c1ccc(C(F)(F)F)c(C(F)(F)F)c1)C3=C(C#N)C#N. The quantitative estimate of drug-likeness (QED) is 0.189. The molecule has 5 rings (SSSR count). The van der Waals surface area contributed by atoms with E-state index in [-0.39, 0.29) is 45.5 Å². The standard InChI is InChI=1S/C36H8F9N7/c37-34(38,39)27-4-3-17(6-29(27)36(43,44)45)31-26(15-52)22-8-23-21(7-24(22)33(31)20(12-49)13-50)25(14-51)30(32(23)19(10-47)11-48)16-1-2-18(9-46)28(5-16)35(40,41)42/h1-8H. The van der Waals surface area contributed by atoms with Gasteiger partial charge in [-0.3, -0.25) is 0 Å². The second-order valence-corrected chi connectivity index (χ2v) is 10.7. The number of rotatable bonds is 2. The fourth-order valence-corrected chi connectivity index (χ4v) is 6.03. The molecule has 0 heterocycles. The molecule has 3 aromatic carbocycles. The summed E-state index contributed by atoms with van der Waals surface area (Å²) in [7, 11) is 0. The summed E-state index contributed by atoms with van der Waals surface area (Å²) in [4.78, 5) is 0. The first kappa shape index (κ1) is 35.7. The van der Waals surface area contributed by atoms with Crippen LogP contribution < -0.4 is 0 Å². The summed E-state index contributed by atoms with van der Waals surface area (Å²) in [5.74, 6) is 0. The maximum atomic E-state index is 13.9. The molecule has 7 nitrogen and oxygen atoms in total. The van der Waals surface area contributed by atoms with Gasteiger partial charge in [-0.2, -0.15) is 76.3 Å². The Bertz CT molecular complexity index is 2570. The Morgan fingerprint density at radius 1 is 0.423 bits per heavy atom. The normalized spacial score (nSPS) is 13.5. The summed E-state index contributed by atoms with van der Waals surface area (Å²) in [6.45, 7) is 0. The van der Waals surface area contributed by atoms with Crippen molar-refractivity contribution in [2.45, 2.75) is 18.5 Å². The molecule has 0 N–H and O–H groups in total. The number of alkyl halides is 9. The maximum absolute atomic E-state index is 13.9. The first-order valence-corrected chi connectivity index (χ1v) is 13.9. The number of hydrogen-bond acceptors (Lipinski definition) is 7. The predicted octanol–water partition coefficient (Wildman–Crippen LogP) is 9.11. The third kappa shape index (κ3) is 5.56. The van der Waals surface area contributed by atoms with Crippen molar-refractivity contribution in [1.82, 2.24) is 0 Å². The highest BCUT2D eigenvalue weighted by atomic mass is 19.4. The molecule has 0 atom stereocenters. The van der Waals surface area contributed by atoms with Gasteiger partial charge in [-0.25, -0.2) is 0 Å². The molecule has 16 heteroatoms. The van der Waals surface area contributed by atoms with Crippen LogP contribution in [-0.4, -0.2) is 0 Å². The van der Waals surface area contributed by atoms with Crippen molar-refractivity contribution in [3.63, 3.8) is 0 Å². The summed E-state index contributed by atoms with van der Waals surface area (Å²) in [6.07, 6.45) is -16.1. The van der Waals surface area contributed by atoms with Crippen LogP contribution in [0.4, 0.5) is 39.5 Å². The van der Waals surface area contributed by atoms with Gasteiger partial charge in [0.2, 0.25) is 0 Å². The Morgan fingerprint density at radius 2 is 0.808 bits per heavy atom. The minimum absolute atomic E-state index is 0.0953. The number of fused-ring (bicyclic) bond motifs is 2. The van der Waals surface area contributed by atoms with E-state index < -0.39 is 85.4 Å². The van der Waals surface area contributed by atoms with E-state index in [1.165, 1.54) is 18.2 Å². The molecule has 0 saturated carbocycles. The second kappa shape index (κ2) is 12.4. The Kier molecular flexibility index (Phi) is 8.51. The first-order valence-electron chi connectivity index (χ1n) is 13.9. The fourth-order valence-electron chi connectivity index (χ4n) is 6.03. The number of nitrogens with zero attached hydrogens (tertiary/aromatic N) is 7. The van der Waals surface area contributed by atoms with Crippen LogP contribution in [-0.2, 0) is 18.5 Å². The van der Waals surface area contributed by atoms with Crippen molar-refractivity contribution < 1.29 is 39.5 Å². The van der Waals surface area contributed by atoms with Gasteiger partial charge in [0.15, 0.2) is 0 Å². The van der Waals surface area contributed by atoms with Crippen LogP contribution in [0.15, 0.2) is 59.7 Å². The van der Waals surface area contributed by atoms with Gasteiger partial charge in [-0.1, -0.05) is 12.1 Å². The van der Waals surface area contributed by atoms with Crippen molar-refractivity contribution in [2.24, 2.45) is 0 Å². The highest BCUT2D eigenvalue weighted by molar-refractivity contribution is 6.29. The lowest BCUT2D eigenvalue weighted by Gasteiger charge is -2.17. The van der Waals surface area contributed by atoms with E-state index in [1.54, 1.807) is 24.3 Å². The molecule has 250 valence electrons. The van der Waals surface area contributed by atoms with Crippen molar-refractivity contribution >= 4 is 33.4 Å². The molecule has 3 aromatic rings. The highest BCUT2D eigenvalue weighted by Gasteiger charge is 2.44. The van der Waals surface area contributed by atoms with Crippen LogP contribution in [0.2, 0.25) is 0 Å². The lowest BCUT2D eigenvalue weighted by molar-refractivity contribution is -0.162. The Hall–Kier alpha value is -7.58. The predicted molar refractivity (Wildman–Crippen MR) is 160 cm³/mol. The molecule has 0 unspecified atom stereocenters. The number of benzene rings is 3. The minimum atomic E-state index is -5.57. The van der Waals surface area contributed by atoms with Gasteiger partial charge in [0.1, 0.15) is 47.6 Å². The van der Waals surface area contributed by atoms with E-state index in [0.717, 1.165) is 24.3 Å². The van der Waals surface area contributed by atoms with Gasteiger partial charge in [0.05, 0.1) is 39.5 Å². The van der Waals surface area contributed by atoms with Crippen molar-refractivity contribution in [1.29, 1.82) is 36.8 Å². The molecule has 0 fully saturated rings. The molecule has 0 amide bonds. The molecule has 0 bridgehead atoms. The van der Waals surface area contributed by atoms with Gasteiger partial charge < -0.3 is 0 Å². The molecule has 0 saturated heterocycles. The van der Waals surface area contributed by atoms with E-state index in [1.807, 2.05) is 0 Å². The topological polar surface area (TPSA) is 167 Å². The number of hydrogen-bond donors (Lipinski definition) is 0. The Morgan fingerprint density at radius 3 is 1.15 bits per heavy atom. The van der Waals surface area contributed by atoms with E-state index >= 15 is 0 Å². The van der Waals surface area contributed by atoms with Crippen LogP contribution >= 0.6 is 0 Å². The van der Waals surface area contributed by atoms with Crippen LogP contribution in [0.5, 0.6) is 0 Å². The van der Waals surface area contributed by atoms with Crippen LogP contribution in [0.1, 0.15) is 55.6 Å². The molecule has 2 aliphatic rings. The zero-order chi connectivity index (χ0) is 38.5. The third-order valence-electron chi connectivity index (χ3n) is 8.06. The molecular weight excluding hydrogens is 701 g/mol. The number of nitriles is 7. The monoisotopic (exact) mass is 709 g/mol. The highest BCUT2D eigenvalue weighted by Crippen LogP contribution is 2.55. The van der Waals surface area contributed by atoms with Gasteiger partial charge in [-0.05, 0) is 58.7 Å². The average molecular weight is 709 g/mol. The molecule has 0 spiro atoms. The van der Waals surface area contributed by atoms with E-state index in [0.29, 0.717) is 12.1 Å². The number of allylic oxidation sites excluding steroid dienone is 8. The third-order valence-corrected chi connectivity index (χ3v) is 8.06. The maximum Gasteiger partial charge on any atom is 0.417 e. The average Bonchev–Trinajstić information content (AvgIpc) is 3.58. The molecule has 52 heavy (non-hydrogen) atoms. The van der Waals surface area contributed by atoms with Crippen LogP contribution in [0, 0.1) is 79.3 Å². The zero-order valence-electron chi connectivity index (χ0n) is 25.2. The lowest BCUT2D eigenvalue weighted by Crippen LogP contribution is -2.16. The lowest BCUT2D eigenvalue weighted by atomic mass is 9.89. The van der Waals surface area contributed by atoms with Crippen LogP contribution in [0.3, 0.4) is 0 Å². The van der Waals surface area contributed by atoms with Crippen molar-refractivity contribution in [3.8, 4) is 42.5 Å².